The summed E-state index contributed by atoms with van der Waals surface area (Å²) in [5, 5.41) is 8.50. The summed E-state index contributed by atoms with van der Waals surface area (Å²) in [6, 6.07) is 8.09. The molecule has 0 bridgehead atoms. The fourth-order valence-corrected chi connectivity index (χ4v) is 1.58. The van der Waals surface area contributed by atoms with Crippen LogP contribution < -0.4 is 5.73 Å². The minimum absolute atomic E-state index is 0.0455. The Morgan fingerprint density at radius 3 is 2.79 bits per heavy atom. The molecule has 0 amide bonds. The highest BCUT2D eigenvalue weighted by Gasteiger charge is 2.22. The van der Waals surface area contributed by atoms with Crippen molar-refractivity contribution < 1.29 is 0 Å². The van der Waals surface area contributed by atoms with Crippen molar-refractivity contribution in [3.05, 3.63) is 30.0 Å². The molecular formula is C11H15N3. The van der Waals surface area contributed by atoms with E-state index in [1.54, 1.807) is 0 Å². The minimum Gasteiger partial charge on any atom is -0.330 e. The van der Waals surface area contributed by atoms with Gasteiger partial charge in [-0.25, -0.2) is 0 Å². The molecule has 0 atom stereocenters. The topological polar surface area (TPSA) is 54.7 Å². The maximum atomic E-state index is 5.74. The molecule has 0 aliphatic carbocycles. The second kappa shape index (κ2) is 3.10. The molecule has 0 saturated heterocycles. The van der Waals surface area contributed by atoms with Crippen LogP contribution in [0.25, 0.3) is 10.9 Å². The molecule has 1 aromatic heterocycles. The zero-order chi connectivity index (χ0) is 10.2. The first-order valence-electron chi connectivity index (χ1n) is 4.79. The van der Waals surface area contributed by atoms with Gasteiger partial charge in [0.05, 0.1) is 5.52 Å². The first kappa shape index (κ1) is 9.21. The van der Waals surface area contributed by atoms with Crippen molar-refractivity contribution in [3.63, 3.8) is 0 Å². The van der Waals surface area contributed by atoms with Gasteiger partial charge < -0.3 is 5.73 Å². The van der Waals surface area contributed by atoms with Crippen molar-refractivity contribution in [1.29, 1.82) is 0 Å². The molecule has 1 heterocycles. The number of para-hydroxylation sites is 1. The van der Waals surface area contributed by atoms with Crippen molar-refractivity contribution in [2.75, 3.05) is 6.54 Å². The van der Waals surface area contributed by atoms with Crippen LogP contribution in [0.2, 0.25) is 0 Å². The standard InChI is InChI=1S/C11H15N3/c1-11(2,7-12)10-8-5-3-4-6-9(8)13-14-10/h3-6H,7,12H2,1-2H3,(H,13,14). The molecule has 74 valence electrons. The molecule has 0 spiro atoms. The molecular weight excluding hydrogens is 174 g/mol. The van der Waals surface area contributed by atoms with E-state index in [9.17, 15) is 0 Å². The first-order chi connectivity index (χ1) is 6.65. The van der Waals surface area contributed by atoms with Gasteiger partial charge in [-0.15, -0.1) is 0 Å². The lowest BCUT2D eigenvalue weighted by molar-refractivity contribution is 0.524. The van der Waals surface area contributed by atoms with Gasteiger partial charge in [0.25, 0.3) is 0 Å². The van der Waals surface area contributed by atoms with E-state index in [4.69, 9.17) is 5.73 Å². The van der Waals surface area contributed by atoms with Crippen LogP contribution in [-0.2, 0) is 5.41 Å². The molecule has 2 aromatic rings. The maximum absolute atomic E-state index is 5.74. The minimum atomic E-state index is -0.0455. The highest BCUT2D eigenvalue weighted by molar-refractivity contribution is 5.82. The van der Waals surface area contributed by atoms with Gasteiger partial charge in [-0.2, -0.15) is 5.10 Å². The fraction of sp³-hybridized carbons (Fsp3) is 0.364. The summed E-state index contributed by atoms with van der Waals surface area (Å²) in [5.41, 5.74) is 7.82. The molecule has 0 fully saturated rings. The van der Waals surface area contributed by atoms with Gasteiger partial charge >= 0.3 is 0 Å². The number of fused-ring (bicyclic) bond motifs is 1. The van der Waals surface area contributed by atoms with E-state index in [0.29, 0.717) is 6.54 Å². The summed E-state index contributed by atoms with van der Waals surface area (Å²) in [6.07, 6.45) is 0. The largest absolute Gasteiger partial charge is 0.330 e. The Morgan fingerprint density at radius 1 is 1.36 bits per heavy atom. The molecule has 3 nitrogen and oxygen atoms in total. The van der Waals surface area contributed by atoms with E-state index in [2.05, 4.69) is 30.1 Å². The van der Waals surface area contributed by atoms with Crippen molar-refractivity contribution in [1.82, 2.24) is 10.2 Å². The molecule has 0 radical (unpaired) electrons. The molecule has 0 saturated carbocycles. The number of aromatic nitrogens is 2. The summed E-state index contributed by atoms with van der Waals surface area (Å²) in [6.45, 7) is 4.85. The van der Waals surface area contributed by atoms with Crippen LogP contribution in [0.15, 0.2) is 24.3 Å². The average Bonchev–Trinajstić information content (AvgIpc) is 2.61. The van der Waals surface area contributed by atoms with Gasteiger partial charge in [-0.3, -0.25) is 5.10 Å². The Hall–Kier alpha value is -1.35. The monoisotopic (exact) mass is 189 g/mol. The van der Waals surface area contributed by atoms with Crippen LogP contribution in [0, 0.1) is 0 Å². The molecule has 1 aromatic carbocycles. The lowest BCUT2D eigenvalue weighted by Gasteiger charge is -2.20. The lowest BCUT2D eigenvalue weighted by atomic mass is 9.87. The SMILES string of the molecule is CC(C)(CN)c1[nH]nc2ccccc12. The van der Waals surface area contributed by atoms with E-state index in [-0.39, 0.29) is 5.41 Å². The van der Waals surface area contributed by atoms with Crippen molar-refractivity contribution in [2.24, 2.45) is 5.73 Å². The van der Waals surface area contributed by atoms with Gasteiger partial charge in [0.2, 0.25) is 0 Å². The predicted octanol–water partition coefficient (Wildman–Crippen LogP) is 1.80. The first-order valence-corrected chi connectivity index (χ1v) is 4.79. The Kier molecular flexibility index (Phi) is 2.04. The van der Waals surface area contributed by atoms with Crippen LogP contribution in [-0.4, -0.2) is 16.7 Å². The zero-order valence-electron chi connectivity index (χ0n) is 8.54. The molecule has 0 aliphatic heterocycles. The normalized spacial score (nSPS) is 12.2. The predicted molar refractivity (Wildman–Crippen MR) is 58.2 cm³/mol. The average molecular weight is 189 g/mol. The molecule has 3 N–H and O–H groups in total. The number of H-pyrrole nitrogens is 1. The van der Waals surface area contributed by atoms with Gasteiger partial charge in [0.15, 0.2) is 0 Å². The third kappa shape index (κ3) is 1.30. The number of aromatic amines is 1. The second-order valence-corrected chi connectivity index (χ2v) is 4.20. The third-order valence-electron chi connectivity index (χ3n) is 2.65. The third-order valence-corrected chi connectivity index (χ3v) is 2.65. The van der Waals surface area contributed by atoms with E-state index >= 15 is 0 Å². The number of nitrogens with zero attached hydrogens (tertiary/aromatic N) is 1. The Balaban J connectivity index is 2.64. The van der Waals surface area contributed by atoms with Crippen molar-refractivity contribution in [3.8, 4) is 0 Å². The van der Waals surface area contributed by atoms with E-state index in [1.165, 1.54) is 5.39 Å². The van der Waals surface area contributed by atoms with Gasteiger partial charge in [-0.05, 0) is 6.07 Å². The summed E-state index contributed by atoms with van der Waals surface area (Å²) in [5.74, 6) is 0. The highest BCUT2D eigenvalue weighted by Crippen LogP contribution is 2.26. The van der Waals surface area contributed by atoms with E-state index < -0.39 is 0 Å². The van der Waals surface area contributed by atoms with Gasteiger partial charge in [0, 0.05) is 23.0 Å². The molecule has 0 unspecified atom stereocenters. The number of rotatable bonds is 2. The number of nitrogens with two attached hydrogens (primary N) is 1. The summed E-state index contributed by atoms with van der Waals surface area (Å²) < 4.78 is 0. The van der Waals surface area contributed by atoms with Crippen molar-refractivity contribution >= 4 is 10.9 Å². The molecule has 14 heavy (non-hydrogen) atoms. The quantitative estimate of drug-likeness (QED) is 0.756. The maximum Gasteiger partial charge on any atom is 0.0923 e. The zero-order valence-corrected chi connectivity index (χ0v) is 8.54. The lowest BCUT2D eigenvalue weighted by Crippen LogP contribution is -2.28. The Bertz CT molecular complexity index is 442. The molecule has 3 heteroatoms. The molecule has 2 rings (SSSR count). The molecule has 0 aliphatic rings. The Morgan fingerprint density at radius 2 is 2.07 bits per heavy atom. The van der Waals surface area contributed by atoms with Crippen LogP contribution in [0.1, 0.15) is 19.5 Å². The highest BCUT2D eigenvalue weighted by atomic mass is 15.1. The number of hydrogen-bond donors (Lipinski definition) is 2. The Labute approximate surface area is 83.3 Å². The number of benzene rings is 1. The summed E-state index contributed by atoms with van der Waals surface area (Å²) in [4.78, 5) is 0. The van der Waals surface area contributed by atoms with Crippen LogP contribution in [0.4, 0.5) is 0 Å². The van der Waals surface area contributed by atoms with Gasteiger partial charge in [0.1, 0.15) is 0 Å². The second-order valence-electron chi connectivity index (χ2n) is 4.20. The van der Waals surface area contributed by atoms with Crippen LogP contribution >= 0.6 is 0 Å². The fourth-order valence-electron chi connectivity index (χ4n) is 1.58. The van der Waals surface area contributed by atoms with E-state index in [1.807, 2.05) is 18.2 Å². The van der Waals surface area contributed by atoms with Crippen LogP contribution in [0.3, 0.4) is 0 Å². The van der Waals surface area contributed by atoms with E-state index in [0.717, 1.165) is 11.2 Å². The van der Waals surface area contributed by atoms with Crippen LogP contribution in [0.5, 0.6) is 0 Å². The summed E-state index contributed by atoms with van der Waals surface area (Å²) in [7, 11) is 0. The summed E-state index contributed by atoms with van der Waals surface area (Å²) >= 11 is 0. The number of nitrogens with one attached hydrogen (secondary N) is 1. The smallest absolute Gasteiger partial charge is 0.0923 e. The van der Waals surface area contributed by atoms with Crippen molar-refractivity contribution in [2.45, 2.75) is 19.3 Å². The number of hydrogen-bond acceptors (Lipinski definition) is 2. The van der Waals surface area contributed by atoms with Gasteiger partial charge in [-0.1, -0.05) is 32.0 Å².